The largest absolute Gasteiger partial charge is 0.370 e. The maximum absolute atomic E-state index is 6.13. The molecular formula is C12H16Cl2N2. The molecular weight excluding hydrogens is 243 g/mol. The van der Waals surface area contributed by atoms with Crippen LogP contribution in [0.4, 0.5) is 5.69 Å². The second-order valence-corrected chi connectivity index (χ2v) is 5.42. The van der Waals surface area contributed by atoms with Gasteiger partial charge in [-0.25, -0.2) is 0 Å². The standard InChI is InChI=1S/C12H16Cl2N2/c1-9(13)10-3-6-16(7-4-10)12-2-5-15-8-11(12)14/h2,5,8-10H,3-4,6-7H2,1H3. The molecule has 0 radical (unpaired) electrons. The second-order valence-electron chi connectivity index (χ2n) is 4.33. The summed E-state index contributed by atoms with van der Waals surface area (Å²) in [6, 6.07) is 1.98. The second kappa shape index (κ2) is 5.24. The van der Waals surface area contributed by atoms with Gasteiger partial charge in [-0.15, -0.1) is 11.6 Å². The quantitative estimate of drug-likeness (QED) is 0.755. The average Bonchev–Trinajstić information content (AvgIpc) is 2.30. The van der Waals surface area contributed by atoms with E-state index in [0.29, 0.717) is 5.92 Å². The number of pyridine rings is 1. The highest BCUT2D eigenvalue weighted by Crippen LogP contribution is 2.30. The van der Waals surface area contributed by atoms with Crippen LogP contribution in [0.1, 0.15) is 19.8 Å². The Morgan fingerprint density at radius 3 is 2.69 bits per heavy atom. The molecule has 2 heterocycles. The number of piperidine rings is 1. The van der Waals surface area contributed by atoms with Crippen LogP contribution in [0.5, 0.6) is 0 Å². The van der Waals surface area contributed by atoms with E-state index in [2.05, 4.69) is 16.8 Å². The van der Waals surface area contributed by atoms with Crippen molar-refractivity contribution in [2.45, 2.75) is 25.1 Å². The van der Waals surface area contributed by atoms with Crippen molar-refractivity contribution in [2.24, 2.45) is 5.92 Å². The summed E-state index contributed by atoms with van der Waals surface area (Å²) in [4.78, 5) is 6.32. The zero-order valence-electron chi connectivity index (χ0n) is 9.37. The maximum Gasteiger partial charge on any atom is 0.0822 e. The minimum atomic E-state index is 0.273. The molecule has 1 atom stereocenters. The SMILES string of the molecule is CC(Cl)C1CCN(c2ccncc2Cl)CC1. The van der Waals surface area contributed by atoms with Crippen LogP contribution >= 0.6 is 23.2 Å². The van der Waals surface area contributed by atoms with Gasteiger partial charge in [-0.3, -0.25) is 4.98 Å². The van der Waals surface area contributed by atoms with Gasteiger partial charge in [0.25, 0.3) is 0 Å². The van der Waals surface area contributed by atoms with Crippen molar-refractivity contribution < 1.29 is 0 Å². The van der Waals surface area contributed by atoms with Crippen LogP contribution in [0.3, 0.4) is 0 Å². The van der Waals surface area contributed by atoms with Gasteiger partial charge in [0, 0.05) is 30.9 Å². The lowest BCUT2D eigenvalue weighted by Crippen LogP contribution is -2.36. The Morgan fingerprint density at radius 1 is 1.44 bits per heavy atom. The van der Waals surface area contributed by atoms with E-state index < -0.39 is 0 Å². The molecule has 2 rings (SSSR count). The van der Waals surface area contributed by atoms with Crippen LogP contribution < -0.4 is 4.90 Å². The zero-order chi connectivity index (χ0) is 11.5. The molecule has 1 aromatic rings. The molecule has 1 unspecified atom stereocenters. The molecule has 88 valence electrons. The molecule has 0 saturated carbocycles. The zero-order valence-corrected chi connectivity index (χ0v) is 10.9. The molecule has 1 aliphatic rings. The summed E-state index contributed by atoms with van der Waals surface area (Å²) in [6.45, 7) is 4.15. The number of halogens is 2. The molecule has 0 aliphatic carbocycles. The van der Waals surface area contributed by atoms with E-state index in [-0.39, 0.29) is 5.38 Å². The Balaban J connectivity index is 2.02. The molecule has 1 aromatic heterocycles. The first-order valence-corrected chi connectivity index (χ1v) is 6.48. The fourth-order valence-corrected chi connectivity index (χ4v) is 2.71. The number of anilines is 1. The predicted octanol–water partition coefficient (Wildman–Crippen LogP) is 3.58. The van der Waals surface area contributed by atoms with E-state index in [9.17, 15) is 0 Å². The summed E-state index contributed by atoms with van der Waals surface area (Å²) in [5.74, 6) is 0.638. The third-order valence-corrected chi connectivity index (χ3v) is 3.93. The average molecular weight is 259 g/mol. The van der Waals surface area contributed by atoms with E-state index in [1.807, 2.05) is 6.07 Å². The van der Waals surface area contributed by atoms with Crippen LogP contribution in [0.2, 0.25) is 5.02 Å². The molecule has 0 N–H and O–H groups in total. The van der Waals surface area contributed by atoms with Gasteiger partial charge in [0.1, 0.15) is 0 Å². The summed E-state index contributed by atoms with van der Waals surface area (Å²) < 4.78 is 0. The van der Waals surface area contributed by atoms with Gasteiger partial charge < -0.3 is 4.90 Å². The van der Waals surface area contributed by atoms with Crippen molar-refractivity contribution >= 4 is 28.9 Å². The molecule has 0 aromatic carbocycles. The van der Waals surface area contributed by atoms with Crippen molar-refractivity contribution in [1.29, 1.82) is 0 Å². The van der Waals surface area contributed by atoms with Crippen molar-refractivity contribution in [3.63, 3.8) is 0 Å². The van der Waals surface area contributed by atoms with Crippen LogP contribution in [-0.2, 0) is 0 Å². The fourth-order valence-electron chi connectivity index (χ4n) is 2.22. The van der Waals surface area contributed by atoms with E-state index in [4.69, 9.17) is 23.2 Å². The van der Waals surface area contributed by atoms with Crippen LogP contribution in [0.15, 0.2) is 18.5 Å². The summed E-state index contributed by atoms with van der Waals surface area (Å²) in [5.41, 5.74) is 1.09. The van der Waals surface area contributed by atoms with Crippen LogP contribution in [0, 0.1) is 5.92 Å². The molecule has 2 nitrogen and oxygen atoms in total. The third kappa shape index (κ3) is 2.61. The Hall–Kier alpha value is -0.470. The lowest BCUT2D eigenvalue weighted by atomic mass is 9.94. The smallest absolute Gasteiger partial charge is 0.0822 e. The summed E-state index contributed by atoms with van der Waals surface area (Å²) >= 11 is 12.3. The Bertz CT molecular complexity index is 347. The van der Waals surface area contributed by atoms with E-state index >= 15 is 0 Å². The highest BCUT2D eigenvalue weighted by molar-refractivity contribution is 6.33. The highest BCUT2D eigenvalue weighted by Gasteiger charge is 2.23. The van der Waals surface area contributed by atoms with Crippen molar-refractivity contribution in [1.82, 2.24) is 4.98 Å². The molecule has 0 amide bonds. The normalized spacial score (nSPS) is 19.8. The number of nitrogens with zero attached hydrogens (tertiary/aromatic N) is 2. The van der Waals surface area contributed by atoms with Gasteiger partial charge in [-0.1, -0.05) is 11.6 Å². The predicted molar refractivity (Wildman–Crippen MR) is 69.5 cm³/mol. The minimum absolute atomic E-state index is 0.273. The summed E-state index contributed by atoms with van der Waals surface area (Å²) in [7, 11) is 0. The van der Waals surface area contributed by atoms with Gasteiger partial charge in [0.15, 0.2) is 0 Å². The van der Waals surface area contributed by atoms with Crippen molar-refractivity contribution in [3.05, 3.63) is 23.5 Å². The third-order valence-electron chi connectivity index (χ3n) is 3.28. The van der Waals surface area contributed by atoms with Gasteiger partial charge >= 0.3 is 0 Å². The number of aromatic nitrogens is 1. The van der Waals surface area contributed by atoms with Crippen molar-refractivity contribution in [3.8, 4) is 0 Å². The highest BCUT2D eigenvalue weighted by atomic mass is 35.5. The number of hydrogen-bond donors (Lipinski definition) is 0. The summed E-state index contributed by atoms with van der Waals surface area (Å²) in [6.07, 6.45) is 5.78. The Labute approximate surface area is 107 Å². The molecule has 16 heavy (non-hydrogen) atoms. The number of alkyl halides is 1. The van der Waals surface area contributed by atoms with Gasteiger partial charge in [-0.2, -0.15) is 0 Å². The maximum atomic E-state index is 6.13. The topological polar surface area (TPSA) is 16.1 Å². The lowest BCUT2D eigenvalue weighted by Gasteiger charge is -2.34. The van der Waals surface area contributed by atoms with Gasteiger partial charge in [-0.05, 0) is 31.7 Å². The van der Waals surface area contributed by atoms with Crippen LogP contribution in [-0.4, -0.2) is 23.5 Å². The molecule has 0 bridgehead atoms. The molecule has 0 spiro atoms. The lowest BCUT2D eigenvalue weighted by molar-refractivity contribution is 0.400. The Kier molecular flexibility index (Phi) is 3.93. The summed E-state index contributed by atoms with van der Waals surface area (Å²) in [5, 5.41) is 1.01. The number of rotatable bonds is 2. The molecule has 1 aliphatic heterocycles. The van der Waals surface area contributed by atoms with E-state index in [1.165, 1.54) is 0 Å². The number of hydrogen-bond acceptors (Lipinski definition) is 2. The van der Waals surface area contributed by atoms with Gasteiger partial charge in [0.2, 0.25) is 0 Å². The first-order chi connectivity index (χ1) is 7.68. The fraction of sp³-hybridized carbons (Fsp3) is 0.583. The monoisotopic (exact) mass is 258 g/mol. The molecule has 1 fully saturated rings. The van der Waals surface area contributed by atoms with Crippen LogP contribution in [0.25, 0.3) is 0 Å². The first kappa shape index (κ1) is 12.0. The van der Waals surface area contributed by atoms with E-state index in [0.717, 1.165) is 36.6 Å². The van der Waals surface area contributed by atoms with Crippen molar-refractivity contribution in [2.75, 3.05) is 18.0 Å². The Morgan fingerprint density at radius 2 is 2.12 bits per heavy atom. The van der Waals surface area contributed by atoms with Gasteiger partial charge in [0.05, 0.1) is 10.7 Å². The molecule has 4 heteroatoms. The minimum Gasteiger partial charge on any atom is -0.370 e. The van der Waals surface area contributed by atoms with E-state index in [1.54, 1.807) is 12.4 Å². The molecule has 1 saturated heterocycles. The first-order valence-electron chi connectivity index (χ1n) is 5.67.